The third-order valence-electron chi connectivity index (χ3n) is 5.53. The molecular weight excluding hydrogens is 435 g/mol. The topological polar surface area (TPSA) is 92.7 Å². The van der Waals surface area contributed by atoms with Crippen LogP contribution >= 0.6 is 11.3 Å². The van der Waals surface area contributed by atoms with E-state index in [4.69, 9.17) is 4.74 Å². The molecule has 1 amide bonds. The third kappa shape index (κ3) is 4.07. The Kier molecular flexibility index (Phi) is 6.16. The quantitative estimate of drug-likeness (QED) is 0.481. The second-order valence-corrected chi connectivity index (χ2v) is 9.15. The fraction of sp³-hybridized carbons (Fsp3) is 0.409. The van der Waals surface area contributed by atoms with Crippen molar-refractivity contribution in [1.29, 1.82) is 0 Å². The lowest BCUT2D eigenvalue weighted by atomic mass is 9.92. The van der Waals surface area contributed by atoms with Crippen molar-refractivity contribution >= 4 is 34.4 Å². The van der Waals surface area contributed by atoms with Crippen molar-refractivity contribution in [2.24, 2.45) is 0 Å². The van der Waals surface area contributed by atoms with Gasteiger partial charge in [-0.2, -0.15) is 0 Å². The van der Waals surface area contributed by atoms with Gasteiger partial charge in [0.1, 0.15) is 10.8 Å². The van der Waals surface area contributed by atoms with Crippen LogP contribution in [0.15, 0.2) is 30.5 Å². The van der Waals surface area contributed by atoms with E-state index >= 15 is 0 Å². The van der Waals surface area contributed by atoms with Crippen molar-refractivity contribution in [2.75, 3.05) is 20.3 Å². The average Bonchev–Trinajstić information content (AvgIpc) is 3.20. The van der Waals surface area contributed by atoms with Crippen LogP contribution in [0.1, 0.15) is 29.4 Å². The van der Waals surface area contributed by atoms with Crippen LogP contribution in [0.3, 0.4) is 0 Å². The number of rotatable bonds is 6. The van der Waals surface area contributed by atoms with Crippen LogP contribution < -0.4 is 0 Å². The number of methoxy groups -OCH3 is 1. The lowest BCUT2D eigenvalue weighted by molar-refractivity contribution is -0.156. The highest BCUT2D eigenvalue weighted by Gasteiger charge is 2.49. The first-order chi connectivity index (χ1) is 15.3. The molecule has 3 heterocycles. The summed E-state index contributed by atoms with van der Waals surface area (Å²) < 4.78 is 18.4. The third-order valence-corrected chi connectivity index (χ3v) is 6.48. The average molecular weight is 459 g/mol. The number of hydrogen-bond donors (Lipinski definition) is 0. The van der Waals surface area contributed by atoms with E-state index in [1.54, 1.807) is 35.2 Å². The van der Waals surface area contributed by atoms with E-state index in [1.165, 1.54) is 23.5 Å². The minimum Gasteiger partial charge on any atom is -0.382 e. The summed E-state index contributed by atoms with van der Waals surface area (Å²) in [6.07, 6.45) is 1.98. The second-order valence-electron chi connectivity index (χ2n) is 8.09. The minimum atomic E-state index is -1.16. The monoisotopic (exact) mass is 458 g/mol. The number of aromatic nitrogens is 2. The van der Waals surface area contributed by atoms with Crippen molar-refractivity contribution in [1.82, 2.24) is 20.0 Å². The van der Waals surface area contributed by atoms with E-state index in [2.05, 4.69) is 10.2 Å². The standard InChI is InChI=1S/C22H23FN4O4S/c1-12(2)27-15(11-31-3)9-26-10-16(19(28)20(29)18(26)22(27)30)21-25-24-17(32-21)8-13-4-6-14(23)7-5-13/h4-7,10,12,15,18H,8-9,11H2,1-3H3/t15-,18?/m1/s1. The molecule has 1 aromatic carbocycles. The molecule has 0 bridgehead atoms. The molecule has 2 aliphatic rings. The molecule has 2 atom stereocenters. The van der Waals surface area contributed by atoms with Gasteiger partial charge in [0.05, 0.1) is 18.2 Å². The lowest BCUT2D eigenvalue weighted by Crippen LogP contribution is -2.67. The largest absolute Gasteiger partial charge is 0.382 e. The van der Waals surface area contributed by atoms with Crippen LogP contribution in [0.5, 0.6) is 0 Å². The number of ketones is 2. The van der Waals surface area contributed by atoms with E-state index < -0.39 is 23.5 Å². The number of halogens is 1. The molecule has 0 spiro atoms. The molecule has 1 unspecified atom stereocenters. The first-order valence-corrected chi connectivity index (χ1v) is 11.1. The molecule has 2 aliphatic heterocycles. The second kappa shape index (κ2) is 8.87. The van der Waals surface area contributed by atoms with Gasteiger partial charge in [-0.1, -0.05) is 23.5 Å². The molecule has 10 heteroatoms. The highest BCUT2D eigenvalue weighted by Crippen LogP contribution is 2.31. The highest BCUT2D eigenvalue weighted by atomic mass is 32.1. The van der Waals surface area contributed by atoms with Gasteiger partial charge in [-0.3, -0.25) is 14.4 Å². The summed E-state index contributed by atoms with van der Waals surface area (Å²) in [6, 6.07) is 4.52. The molecule has 2 aromatic rings. The number of amides is 1. The first kappa shape index (κ1) is 22.2. The maximum absolute atomic E-state index is 13.1. The number of carbonyl (C=O) groups is 3. The Morgan fingerprint density at radius 1 is 1.19 bits per heavy atom. The number of piperazine rings is 1. The number of ether oxygens (including phenoxy) is 1. The summed E-state index contributed by atoms with van der Waals surface area (Å²) >= 11 is 1.20. The predicted octanol–water partition coefficient (Wildman–Crippen LogP) is 1.70. The summed E-state index contributed by atoms with van der Waals surface area (Å²) in [6.45, 7) is 4.43. The fourth-order valence-corrected chi connectivity index (χ4v) is 5.02. The SMILES string of the molecule is COC[C@H]1CN2C=C(c3nnc(Cc4ccc(F)cc4)s3)C(=O)C(=O)C2C(=O)N1C(C)C. The van der Waals surface area contributed by atoms with Gasteiger partial charge < -0.3 is 14.5 Å². The Morgan fingerprint density at radius 2 is 1.91 bits per heavy atom. The number of Topliss-reactive ketones (excluding diaryl/α,β-unsaturated/α-hetero) is 2. The molecule has 1 saturated heterocycles. The van der Waals surface area contributed by atoms with E-state index in [1.807, 2.05) is 13.8 Å². The van der Waals surface area contributed by atoms with Crippen LogP contribution in [0.25, 0.3) is 5.57 Å². The Balaban J connectivity index is 1.62. The zero-order valence-corrected chi connectivity index (χ0v) is 18.8. The number of carbonyl (C=O) groups excluding carboxylic acids is 3. The van der Waals surface area contributed by atoms with Crippen LogP contribution in [0.4, 0.5) is 4.39 Å². The van der Waals surface area contributed by atoms with Gasteiger partial charge in [-0.15, -0.1) is 10.2 Å². The maximum atomic E-state index is 13.1. The summed E-state index contributed by atoms with van der Waals surface area (Å²) in [7, 11) is 1.56. The molecule has 0 aliphatic carbocycles. The minimum absolute atomic E-state index is 0.129. The van der Waals surface area contributed by atoms with Gasteiger partial charge in [0.25, 0.3) is 5.91 Å². The van der Waals surface area contributed by atoms with E-state index in [9.17, 15) is 18.8 Å². The Bertz CT molecular complexity index is 1080. The summed E-state index contributed by atoms with van der Waals surface area (Å²) in [5.41, 5.74) is 0.989. The number of nitrogens with zero attached hydrogens (tertiary/aromatic N) is 4. The first-order valence-electron chi connectivity index (χ1n) is 10.2. The van der Waals surface area contributed by atoms with E-state index in [-0.39, 0.29) is 23.5 Å². The molecule has 4 rings (SSSR count). The Labute approximate surface area is 188 Å². The van der Waals surface area contributed by atoms with E-state index in [0.717, 1.165) is 5.56 Å². The predicted molar refractivity (Wildman–Crippen MR) is 115 cm³/mol. The zero-order chi connectivity index (χ0) is 23.0. The van der Waals surface area contributed by atoms with Crippen molar-refractivity contribution in [3.63, 3.8) is 0 Å². The molecule has 8 nitrogen and oxygen atoms in total. The van der Waals surface area contributed by atoms with Crippen LogP contribution in [-0.2, 0) is 25.5 Å². The molecule has 168 valence electrons. The molecule has 0 N–H and O–H groups in total. The number of allylic oxidation sites excluding steroid dienone is 1. The highest BCUT2D eigenvalue weighted by molar-refractivity contribution is 7.13. The lowest BCUT2D eigenvalue weighted by Gasteiger charge is -2.47. The van der Waals surface area contributed by atoms with Gasteiger partial charge in [0.2, 0.25) is 11.6 Å². The van der Waals surface area contributed by atoms with Gasteiger partial charge in [-0.25, -0.2) is 4.39 Å². The number of fused-ring (bicyclic) bond motifs is 1. The number of hydrogen-bond acceptors (Lipinski definition) is 8. The van der Waals surface area contributed by atoms with Gasteiger partial charge in [-0.05, 0) is 31.5 Å². The smallest absolute Gasteiger partial charge is 0.254 e. The van der Waals surface area contributed by atoms with Gasteiger partial charge in [0.15, 0.2) is 11.0 Å². The van der Waals surface area contributed by atoms with Crippen LogP contribution in [-0.4, -0.2) is 75.9 Å². The molecule has 0 radical (unpaired) electrons. The Morgan fingerprint density at radius 3 is 2.56 bits per heavy atom. The summed E-state index contributed by atoms with van der Waals surface area (Å²) in [4.78, 5) is 42.1. The van der Waals surface area contributed by atoms with E-state index in [0.29, 0.717) is 29.6 Å². The molecule has 1 aromatic heterocycles. The van der Waals surface area contributed by atoms with Crippen molar-refractivity contribution < 1.29 is 23.5 Å². The van der Waals surface area contributed by atoms with Crippen LogP contribution in [0.2, 0.25) is 0 Å². The molecule has 0 saturated carbocycles. The zero-order valence-electron chi connectivity index (χ0n) is 17.9. The summed E-state index contributed by atoms with van der Waals surface area (Å²) in [5, 5.41) is 9.18. The van der Waals surface area contributed by atoms with Gasteiger partial charge in [0, 0.05) is 32.3 Å². The summed E-state index contributed by atoms with van der Waals surface area (Å²) in [5.74, 6) is -2.21. The van der Waals surface area contributed by atoms with Crippen molar-refractivity contribution in [3.05, 3.63) is 51.9 Å². The fourth-order valence-electron chi connectivity index (χ4n) is 4.14. The number of benzene rings is 1. The normalized spacial score (nSPS) is 21.3. The Hall–Kier alpha value is -2.98. The molecular formula is C22H23FN4O4S. The molecule has 1 fully saturated rings. The van der Waals surface area contributed by atoms with Crippen molar-refractivity contribution in [3.8, 4) is 0 Å². The van der Waals surface area contributed by atoms with Crippen molar-refractivity contribution in [2.45, 2.75) is 38.4 Å². The van der Waals surface area contributed by atoms with Gasteiger partial charge >= 0.3 is 0 Å². The molecule has 32 heavy (non-hydrogen) atoms. The maximum Gasteiger partial charge on any atom is 0.254 e. The van der Waals surface area contributed by atoms with Crippen LogP contribution in [0, 0.1) is 5.82 Å².